The molecule has 3 rings (SSSR count). The molecule has 1 unspecified atom stereocenters. The highest BCUT2D eigenvalue weighted by Crippen LogP contribution is 2.31. The number of rotatable bonds is 11. The van der Waals surface area contributed by atoms with E-state index in [1.54, 1.807) is 6.92 Å². The molecule has 0 aliphatic carbocycles. The molecule has 0 fully saturated rings. The van der Waals surface area contributed by atoms with Gasteiger partial charge in [0, 0.05) is 6.54 Å². The summed E-state index contributed by atoms with van der Waals surface area (Å²) in [5, 5.41) is 18.5. The number of carboxylic acid groups (broad SMARTS) is 1. The number of halogens is 3. The standard InChI is InChI=1S/C26H23F3N2O6S/c1-3-21(26(32)33)37-23-13-17(18-11-19(27)25(29)20(28)12-18)6-5-16(23)8-9-31-38(34,35)24-10-15(14-30)4-7-22(24)36-2/h4-7,10-13,21,31H,3,8-9H2,1-2H3,(H,32,33). The number of carboxylic acids is 1. The molecule has 0 aliphatic rings. The van der Waals surface area contributed by atoms with Crippen molar-refractivity contribution in [1.82, 2.24) is 4.72 Å². The first-order valence-electron chi connectivity index (χ1n) is 11.3. The zero-order valence-electron chi connectivity index (χ0n) is 20.3. The Kier molecular flexibility index (Phi) is 8.98. The number of hydrogen-bond acceptors (Lipinski definition) is 6. The van der Waals surface area contributed by atoms with E-state index in [0.29, 0.717) is 5.56 Å². The zero-order chi connectivity index (χ0) is 28.0. The predicted molar refractivity (Wildman–Crippen MR) is 131 cm³/mol. The van der Waals surface area contributed by atoms with Crippen LogP contribution >= 0.6 is 0 Å². The van der Waals surface area contributed by atoms with Gasteiger partial charge in [-0.25, -0.2) is 31.1 Å². The molecule has 0 amide bonds. The van der Waals surface area contributed by atoms with Crippen LogP contribution in [0.4, 0.5) is 13.2 Å². The highest BCUT2D eigenvalue weighted by atomic mass is 32.2. The van der Waals surface area contributed by atoms with E-state index in [1.165, 1.54) is 43.5 Å². The first kappa shape index (κ1) is 28.5. The number of methoxy groups -OCH3 is 1. The molecule has 200 valence electrons. The molecule has 3 aromatic rings. The van der Waals surface area contributed by atoms with Gasteiger partial charge in [-0.1, -0.05) is 19.1 Å². The fourth-order valence-electron chi connectivity index (χ4n) is 3.59. The molecule has 12 heteroatoms. The van der Waals surface area contributed by atoms with Crippen LogP contribution in [0, 0.1) is 28.8 Å². The lowest BCUT2D eigenvalue weighted by molar-refractivity contribution is -0.145. The minimum Gasteiger partial charge on any atom is -0.495 e. The third-order valence-electron chi connectivity index (χ3n) is 5.57. The van der Waals surface area contributed by atoms with Gasteiger partial charge in [-0.2, -0.15) is 5.26 Å². The van der Waals surface area contributed by atoms with Crippen molar-refractivity contribution in [3.05, 3.63) is 77.1 Å². The molecule has 0 radical (unpaired) electrons. The quantitative estimate of drug-likeness (QED) is 0.340. The van der Waals surface area contributed by atoms with E-state index in [-0.39, 0.29) is 52.5 Å². The van der Waals surface area contributed by atoms with E-state index in [2.05, 4.69) is 4.72 Å². The molecule has 0 aromatic heterocycles. The maximum Gasteiger partial charge on any atom is 0.344 e. The number of ether oxygens (including phenoxy) is 2. The Morgan fingerprint density at radius 3 is 2.32 bits per heavy atom. The first-order valence-corrected chi connectivity index (χ1v) is 12.7. The number of carbonyl (C=O) groups is 1. The Morgan fingerprint density at radius 1 is 1.05 bits per heavy atom. The Bertz CT molecular complexity index is 1480. The molecule has 0 heterocycles. The Balaban J connectivity index is 1.91. The molecule has 0 aliphatic heterocycles. The van der Waals surface area contributed by atoms with Crippen LogP contribution in [0.15, 0.2) is 53.4 Å². The maximum absolute atomic E-state index is 13.8. The first-order chi connectivity index (χ1) is 18.0. The smallest absolute Gasteiger partial charge is 0.344 e. The normalized spacial score (nSPS) is 12.0. The highest BCUT2D eigenvalue weighted by Gasteiger charge is 2.22. The van der Waals surface area contributed by atoms with Crippen LogP contribution in [0.3, 0.4) is 0 Å². The van der Waals surface area contributed by atoms with Gasteiger partial charge in [0.25, 0.3) is 0 Å². The van der Waals surface area contributed by atoms with E-state index in [4.69, 9.17) is 14.7 Å². The van der Waals surface area contributed by atoms with Crippen molar-refractivity contribution in [2.24, 2.45) is 0 Å². The number of nitrogens with one attached hydrogen (secondary N) is 1. The molecular weight excluding hydrogens is 525 g/mol. The lowest BCUT2D eigenvalue weighted by Crippen LogP contribution is -2.28. The van der Waals surface area contributed by atoms with Crippen molar-refractivity contribution in [3.8, 4) is 28.7 Å². The molecule has 0 bridgehead atoms. The number of nitrogens with zero attached hydrogens (tertiary/aromatic N) is 1. The maximum atomic E-state index is 13.8. The Labute approximate surface area is 217 Å². The zero-order valence-corrected chi connectivity index (χ0v) is 21.1. The summed E-state index contributed by atoms with van der Waals surface area (Å²) in [6, 6.07) is 11.7. The van der Waals surface area contributed by atoms with Crippen LogP contribution in [0.5, 0.6) is 11.5 Å². The van der Waals surface area contributed by atoms with Gasteiger partial charge in [0.05, 0.1) is 18.7 Å². The largest absolute Gasteiger partial charge is 0.495 e. The second kappa shape index (κ2) is 12.0. The summed E-state index contributed by atoms with van der Waals surface area (Å²) in [7, 11) is -2.82. The van der Waals surface area contributed by atoms with Gasteiger partial charge >= 0.3 is 5.97 Å². The van der Waals surface area contributed by atoms with Crippen molar-refractivity contribution in [1.29, 1.82) is 5.26 Å². The molecule has 1 atom stereocenters. The van der Waals surface area contributed by atoms with Gasteiger partial charge in [-0.3, -0.25) is 0 Å². The van der Waals surface area contributed by atoms with Gasteiger partial charge in [0.2, 0.25) is 10.0 Å². The molecule has 8 nitrogen and oxygen atoms in total. The average Bonchev–Trinajstić information content (AvgIpc) is 2.89. The topological polar surface area (TPSA) is 126 Å². The fraction of sp³-hybridized carbons (Fsp3) is 0.231. The fourth-order valence-corrected chi connectivity index (χ4v) is 4.81. The molecule has 0 saturated heterocycles. The summed E-state index contributed by atoms with van der Waals surface area (Å²) in [5.74, 6) is -5.57. The lowest BCUT2D eigenvalue weighted by Gasteiger charge is -2.18. The van der Waals surface area contributed by atoms with E-state index in [1.807, 2.05) is 6.07 Å². The van der Waals surface area contributed by atoms with Gasteiger partial charge in [-0.15, -0.1) is 0 Å². The van der Waals surface area contributed by atoms with Gasteiger partial charge < -0.3 is 14.6 Å². The third kappa shape index (κ3) is 6.42. The summed E-state index contributed by atoms with van der Waals surface area (Å²) in [5.41, 5.74) is 0.731. The summed E-state index contributed by atoms with van der Waals surface area (Å²) in [4.78, 5) is 11.3. The number of sulfonamides is 1. The Morgan fingerprint density at radius 2 is 1.74 bits per heavy atom. The second-order valence-corrected chi connectivity index (χ2v) is 9.79. The number of hydrogen-bond donors (Lipinski definition) is 2. The van der Waals surface area contributed by atoms with Crippen molar-refractivity contribution in [2.75, 3.05) is 13.7 Å². The predicted octanol–water partition coefficient (Wildman–Crippen LogP) is 4.41. The summed E-state index contributed by atoms with van der Waals surface area (Å²) < 4.78 is 79.9. The average molecular weight is 549 g/mol. The number of benzene rings is 3. The van der Waals surface area contributed by atoms with Crippen molar-refractivity contribution in [2.45, 2.75) is 30.8 Å². The number of nitriles is 1. The summed E-state index contributed by atoms with van der Waals surface area (Å²) in [6.07, 6.45) is -1.11. The molecule has 2 N–H and O–H groups in total. The Hall–Kier alpha value is -4.08. The van der Waals surface area contributed by atoms with Crippen LogP contribution in [0.25, 0.3) is 11.1 Å². The van der Waals surface area contributed by atoms with Crippen molar-refractivity contribution in [3.63, 3.8) is 0 Å². The third-order valence-corrected chi connectivity index (χ3v) is 7.05. The molecule has 0 saturated carbocycles. The highest BCUT2D eigenvalue weighted by molar-refractivity contribution is 7.89. The van der Waals surface area contributed by atoms with E-state index < -0.39 is 39.5 Å². The summed E-state index contributed by atoms with van der Waals surface area (Å²) >= 11 is 0. The van der Waals surface area contributed by atoms with Gasteiger partial charge in [0.1, 0.15) is 16.4 Å². The molecule has 3 aromatic carbocycles. The monoisotopic (exact) mass is 548 g/mol. The lowest BCUT2D eigenvalue weighted by atomic mass is 10.0. The minimum absolute atomic E-state index is 0.00801. The van der Waals surface area contributed by atoms with Crippen LogP contribution in [-0.2, 0) is 21.2 Å². The van der Waals surface area contributed by atoms with Crippen LogP contribution in [0.2, 0.25) is 0 Å². The van der Waals surface area contributed by atoms with E-state index in [9.17, 15) is 31.5 Å². The van der Waals surface area contributed by atoms with Crippen LogP contribution in [-0.4, -0.2) is 39.3 Å². The summed E-state index contributed by atoms with van der Waals surface area (Å²) in [6.45, 7) is 1.44. The van der Waals surface area contributed by atoms with Gasteiger partial charge in [0.15, 0.2) is 23.6 Å². The second-order valence-electron chi connectivity index (χ2n) is 8.05. The van der Waals surface area contributed by atoms with Crippen molar-refractivity contribution >= 4 is 16.0 Å². The minimum atomic E-state index is -4.10. The SMILES string of the molecule is CCC(Oc1cc(-c2cc(F)c(F)c(F)c2)ccc1CCNS(=O)(=O)c1cc(C#N)ccc1OC)C(=O)O. The van der Waals surface area contributed by atoms with E-state index >= 15 is 0 Å². The van der Waals surface area contributed by atoms with Crippen LogP contribution in [0.1, 0.15) is 24.5 Å². The molecule has 38 heavy (non-hydrogen) atoms. The van der Waals surface area contributed by atoms with E-state index in [0.717, 1.165) is 12.1 Å². The van der Waals surface area contributed by atoms with Crippen molar-refractivity contribution < 1.29 is 41.0 Å². The number of aliphatic carboxylic acids is 1. The molecular formula is C26H23F3N2O6S. The molecule has 0 spiro atoms. The van der Waals surface area contributed by atoms with Crippen LogP contribution < -0.4 is 14.2 Å². The van der Waals surface area contributed by atoms with Gasteiger partial charge in [-0.05, 0) is 65.9 Å².